The van der Waals surface area contributed by atoms with Gasteiger partial charge in [0.05, 0.1) is 18.9 Å². The van der Waals surface area contributed by atoms with Crippen molar-refractivity contribution >= 4 is 18.1 Å². The minimum Gasteiger partial charge on any atom is -0.465 e. The first kappa shape index (κ1) is 16.4. The zero-order valence-electron chi connectivity index (χ0n) is 13.2. The fraction of sp³-hybridized carbons (Fsp3) is 0.250. The lowest BCUT2D eigenvalue weighted by Crippen LogP contribution is -2.18. The molecular weight excluding hydrogens is 296 g/mol. The maximum atomic E-state index is 11.9. The minimum atomic E-state index is -0.402. The second-order valence-electron chi connectivity index (χ2n) is 5.18. The number of esters is 1. The Morgan fingerprint density at radius 2 is 2.00 bits per heavy atom. The molecule has 0 radical (unpaired) electrons. The average Bonchev–Trinajstić information content (AvgIpc) is 3.05. The number of hydrazone groups is 1. The third kappa shape index (κ3) is 4.26. The van der Waals surface area contributed by atoms with Crippen molar-refractivity contribution in [2.45, 2.75) is 19.8 Å². The fourth-order valence-corrected chi connectivity index (χ4v) is 1.79. The van der Waals surface area contributed by atoms with Crippen molar-refractivity contribution < 1.29 is 14.3 Å². The van der Waals surface area contributed by atoms with E-state index in [0.29, 0.717) is 5.56 Å². The highest BCUT2D eigenvalue weighted by atomic mass is 16.5. The van der Waals surface area contributed by atoms with Crippen LogP contribution in [-0.2, 0) is 4.74 Å². The van der Waals surface area contributed by atoms with E-state index in [2.05, 4.69) is 25.5 Å². The smallest absolute Gasteiger partial charge is 0.337 e. The second kappa shape index (κ2) is 7.35. The van der Waals surface area contributed by atoms with Crippen LogP contribution in [0.25, 0.3) is 0 Å². The van der Waals surface area contributed by atoms with Gasteiger partial charge in [-0.3, -0.25) is 9.89 Å². The van der Waals surface area contributed by atoms with E-state index in [0.717, 1.165) is 11.3 Å². The second-order valence-corrected chi connectivity index (χ2v) is 5.18. The Labute approximate surface area is 133 Å². The molecule has 7 nitrogen and oxygen atoms in total. The van der Waals surface area contributed by atoms with Gasteiger partial charge in [-0.2, -0.15) is 10.2 Å². The number of aromatic amines is 1. The molecule has 0 aliphatic rings. The average molecular weight is 314 g/mol. The summed E-state index contributed by atoms with van der Waals surface area (Å²) in [6.07, 6.45) is 1.48. The Morgan fingerprint density at radius 1 is 1.30 bits per heavy atom. The first-order valence-electron chi connectivity index (χ1n) is 7.08. The number of nitrogens with one attached hydrogen (secondary N) is 2. The Kier molecular flexibility index (Phi) is 5.24. The van der Waals surface area contributed by atoms with E-state index in [1.54, 1.807) is 30.3 Å². The largest absolute Gasteiger partial charge is 0.465 e. The van der Waals surface area contributed by atoms with E-state index in [1.165, 1.54) is 13.3 Å². The number of hydrogen-bond donors (Lipinski definition) is 2. The van der Waals surface area contributed by atoms with Crippen molar-refractivity contribution in [2.75, 3.05) is 7.11 Å². The Hall–Kier alpha value is -2.96. The molecule has 0 fully saturated rings. The van der Waals surface area contributed by atoms with Crippen molar-refractivity contribution in [1.82, 2.24) is 15.6 Å². The van der Waals surface area contributed by atoms with Gasteiger partial charge < -0.3 is 4.74 Å². The maximum Gasteiger partial charge on any atom is 0.337 e. The van der Waals surface area contributed by atoms with Crippen LogP contribution in [0.15, 0.2) is 35.4 Å². The molecule has 0 aliphatic carbocycles. The third-order valence-electron chi connectivity index (χ3n) is 3.16. The topological polar surface area (TPSA) is 96.4 Å². The summed E-state index contributed by atoms with van der Waals surface area (Å²) in [7, 11) is 1.33. The first-order valence-corrected chi connectivity index (χ1v) is 7.08. The normalized spacial score (nSPS) is 11.0. The molecule has 0 aliphatic heterocycles. The number of rotatable bonds is 5. The first-order chi connectivity index (χ1) is 11.0. The molecule has 0 saturated heterocycles. The number of methoxy groups -OCH3 is 1. The van der Waals surface area contributed by atoms with Crippen LogP contribution in [0.1, 0.15) is 51.9 Å². The molecule has 2 N–H and O–H groups in total. The number of ether oxygens (including phenoxy) is 1. The quantitative estimate of drug-likeness (QED) is 0.501. The van der Waals surface area contributed by atoms with Crippen molar-refractivity contribution in [3.63, 3.8) is 0 Å². The van der Waals surface area contributed by atoms with Crippen LogP contribution < -0.4 is 5.43 Å². The predicted molar refractivity (Wildman–Crippen MR) is 85.5 cm³/mol. The molecule has 120 valence electrons. The van der Waals surface area contributed by atoms with Gasteiger partial charge in [0.15, 0.2) is 5.69 Å². The molecule has 1 aromatic heterocycles. The number of carbonyl (C=O) groups excluding carboxylic acids is 2. The summed E-state index contributed by atoms with van der Waals surface area (Å²) in [4.78, 5) is 23.2. The standard InChI is InChI=1S/C16H18N4O3/c1-10(2)13-8-14(19-18-13)15(21)20-17-9-11-4-6-12(7-5-11)16(22)23-3/h4-10H,1-3H3,(H,18,19)(H,20,21). The van der Waals surface area contributed by atoms with Gasteiger partial charge in [-0.05, 0) is 29.7 Å². The number of amides is 1. The molecule has 0 saturated carbocycles. The lowest BCUT2D eigenvalue weighted by atomic mass is 10.1. The van der Waals surface area contributed by atoms with Crippen LogP contribution in [0.3, 0.4) is 0 Å². The van der Waals surface area contributed by atoms with Gasteiger partial charge in [0.1, 0.15) is 0 Å². The molecule has 7 heteroatoms. The van der Waals surface area contributed by atoms with Crippen LogP contribution in [0.2, 0.25) is 0 Å². The van der Waals surface area contributed by atoms with Crippen molar-refractivity contribution in [2.24, 2.45) is 5.10 Å². The summed E-state index contributed by atoms with van der Waals surface area (Å²) in [5.41, 5.74) is 4.76. The van der Waals surface area contributed by atoms with Crippen LogP contribution in [-0.4, -0.2) is 35.4 Å². The number of H-pyrrole nitrogens is 1. The van der Waals surface area contributed by atoms with Crippen molar-refractivity contribution in [1.29, 1.82) is 0 Å². The van der Waals surface area contributed by atoms with Crippen LogP contribution in [0.5, 0.6) is 0 Å². The van der Waals surface area contributed by atoms with Crippen LogP contribution >= 0.6 is 0 Å². The van der Waals surface area contributed by atoms with Crippen molar-refractivity contribution in [3.8, 4) is 0 Å². The summed E-state index contributed by atoms with van der Waals surface area (Å²) in [5.74, 6) is -0.530. The summed E-state index contributed by atoms with van der Waals surface area (Å²) < 4.78 is 4.62. The molecule has 1 aromatic carbocycles. The highest BCUT2D eigenvalue weighted by Gasteiger charge is 2.11. The molecule has 0 bridgehead atoms. The number of nitrogens with zero attached hydrogens (tertiary/aromatic N) is 2. The van der Waals surface area contributed by atoms with Gasteiger partial charge in [-0.25, -0.2) is 10.2 Å². The van der Waals surface area contributed by atoms with Gasteiger partial charge in [-0.15, -0.1) is 0 Å². The Morgan fingerprint density at radius 3 is 2.57 bits per heavy atom. The van der Waals surface area contributed by atoms with E-state index in [1.807, 2.05) is 13.8 Å². The van der Waals surface area contributed by atoms with Gasteiger partial charge in [0.25, 0.3) is 5.91 Å². The Balaban J connectivity index is 1.95. The van der Waals surface area contributed by atoms with Crippen molar-refractivity contribution in [3.05, 3.63) is 52.8 Å². The molecule has 0 unspecified atom stereocenters. The van der Waals surface area contributed by atoms with Gasteiger partial charge in [-0.1, -0.05) is 26.0 Å². The molecule has 2 aromatic rings. The molecule has 0 atom stereocenters. The zero-order valence-corrected chi connectivity index (χ0v) is 13.2. The van der Waals surface area contributed by atoms with E-state index < -0.39 is 11.9 Å². The van der Waals surface area contributed by atoms with E-state index in [9.17, 15) is 9.59 Å². The Bertz CT molecular complexity index is 717. The summed E-state index contributed by atoms with van der Waals surface area (Å²) in [5, 5.41) is 10.6. The maximum absolute atomic E-state index is 11.9. The summed E-state index contributed by atoms with van der Waals surface area (Å²) in [6, 6.07) is 8.34. The van der Waals surface area contributed by atoms with E-state index >= 15 is 0 Å². The fourth-order valence-electron chi connectivity index (χ4n) is 1.79. The molecule has 1 heterocycles. The zero-order chi connectivity index (χ0) is 16.8. The minimum absolute atomic E-state index is 0.265. The molecular formula is C16H18N4O3. The van der Waals surface area contributed by atoms with Crippen LogP contribution in [0.4, 0.5) is 0 Å². The highest BCUT2D eigenvalue weighted by molar-refractivity contribution is 5.93. The number of carbonyl (C=O) groups is 2. The number of aromatic nitrogens is 2. The number of benzene rings is 1. The highest BCUT2D eigenvalue weighted by Crippen LogP contribution is 2.11. The van der Waals surface area contributed by atoms with E-state index in [-0.39, 0.29) is 11.6 Å². The third-order valence-corrected chi connectivity index (χ3v) is 3.16. The predicted octanol–water partition coefficient (Wildman–Crippen LogP) is 2.08. The lowest BCUT2D eigenvalue weighted by Gasteiger charge is -1.99. The molecule has 1 amide bonds. The monoisotopic (exact) mass is 314 g/mol. The lowest BCUT2D eigenvalue weighted by molar-refractivity contribution is 0.0600. The molecule has 23 heavy (non-hydrogen) atoms. The summed E-state index contributed by atoms with van der Waals surface area (Å²) in [6.45, 7) is 4.01. The SMILES string of the molecule is COC(=O)c1ccc(C=NNC(=O)c2cc(C(C)C)[nH]n2)cc1. The molecule has 0 spiro atoms. The summed E-state index contributed by atoms with van der Waals surface area (Å²) >= 11 is 0. The van der Waals surface area contributed by atoms with Gasteiger partial charge >= 0.3 is 5.97 Å². The van der Waals surface area contributed by atoms with Gasteiger partial charge in [0.2, 0.25) is 0 Å². The number of hydrogen-bond acceptors (Lipinski definition) is 5. The van der Waals surface area contributed by atoms with E-state index in [4.69, 9.17) is 0 Å². The molecule has 2 rings (SSSR count). The van der Waals surface area contributed by atoms with Crippen LogP contribution in [0, 0.1) is 0 Å². The van der Waals surface area contributed by atoms with Gasteiger partial charge in [0, 0.05) is 5.69 Å².